The van der Waals surface area contributed by atoms with E-state index < -0.39 is 24.0 Å². The third kappa shape index (κ3) is 6.32. The van der Waals surface area contributed by atoms with Gasteiger partial charge in [0.25, 0.3) is 5.91 Å². The second-order valence-corrected chi connectivity index (χ2v) is 7.66. The van der Waals surface area contributed by atoms with Gasteiger partial charge in [0.1, 0.15) is 0 Å². The summed E-state index contributed by atoms with van der Waals surface area (Å²) in [7, 11) is 0. The van der Waals surface area contributed by atoms with Gasteiger partial charge in [0, 0.05) is 23.6 Å². The zero-order valence-electron chi connectivity index (χ0n) is 17.4. The van der Waals surface area contributed by atoms with Crippen molar-refractivity contribution in [2.75, 3.05) is 6.61 Å². The van der Waals surface area contributed by atoms with Gasteiger partial charge >= 0.3 is 5.97 Å². The molecule has 2 aromatic carbocycles. The average Bonchev–Trinajstić information content (AvgIpc) is 3.23. The summed E-state index contributed by atoms with van der Waals surface area (Å²) in [5, 5.41) is 28.9. The van der Waals surface area contributed by atoms with Gasteiger partial charge in [-0.2, -0.15) is 5.10 Å². The number of nitrogens with zero attached hydrogens (tertiary/aromatic N) is 1. The maximum absolute atomic E-state index is 12.6. The largest absolute Gasteiger partial charge is 0.479 e. The molecule has 0 aliphatic carbocycles. The number of aliphatic carboxylic acids is 1. The molecule has 0 bridgehead atoms. The van der Waals surface area contributed by atoms with Crippen molar-refractivity contribution in [1.29, 1.82) is 0 Å². The van der Waals surface area contributed by atoms with Gasteiger partial charge in [-0.3, -0.25) is 4.79 Å². The quantitative estimate of drug-likeness (QED) is 0.370. The van der Waals surface area contributed by atoms with Crippen LogP contribution in [0.3, 0.4) is 0 Å². The van der Waals surface area contributed by atoms with Gasteiger partial charge in [0.05, 0.1) is 6.61 Å². The summed E-state index contributed by atoms with van der Waals surface area (Å²) < 4.78 is 5.26. The second-order valence-electron chi connectivity index (χ2n) is 7.22. The number of hydrogen-bond donors (Lipinski definition) is 4. The van der Waals surface area contributed by atoms with Crippen molar-refractivity contribution in [2.24, 2.45) is 0 Å². The maximum Gasteiger partial charge on any atom is 0.332 e. The van der Waals surface area contributed by atoms with Crippen molar-refractivity contribution in [3.8, 4) is 17.0 Å². The van der Waals surface area contributed by atoms with Crippen LogP contribution in [0.15, 0.2) is 54.6 Å². The minimum Gasteiger partial charge on any atom is -0.479 e. The van der Waals surface area contributed by atoms with E-state index in [1.807, 2.05) is 49.4 Å². The number of nitrogens with one attached hydrogen (secondary N) is 2. The molecule has 0 saturated heterocycles. The van der Waals surface area contributed by atoms with Crippen LogP contribution in [0, 0.1) is 0 Å². The van der Waals surface area contributed by atoms with Gasteiger partial charge in [-0.1, -0.05) is 48.0 Å². The molecule has 1 aromatic heterocycles. The van der Waals surface area contributed by atoms with Crippen LogP contribution >= 0.6 is 11.6 Å². The number of aromatic nitrogens is 2. The molecular weight excluding hydrogens is 434 g/mol. The van der Waals surface area contributed by atoms with Crippen LogP contribution in [-0.2, 0) is 11.2 Å². The van der Waals surface area contributed by atoms with E-state index in [1.54, 1.807) is 6.07 Å². The number of hydrogen-bond acceptors (Lipinski definition) is 5. The third-order valence-corrected chi connectivity index (χ3v) is 5.04. The molecule has 168 valence electrons. The van der Waals surface area contributed by atoms with Gasteiger partial charge in [0.2, 0.25) is 5.88 Å². The van der Waals surface area contributed by atoms with Crippen molar-refractivity contribution in [3.05, 3.63) is 70.9 Å². The van der Waals surface area contributed by atoms with Crippen LogP contribution in [0.2, 0.25) is 5.02 Å². The number of ether oxygens (including phenoxy) is 1. The predicted octanol–water partition coefficient (Wildman–Crippen LogP) is 3.31. The summed E-state index contributed by atoms with van der Waals surface area (Å²) in [4.78, 5) is 23.7. The predicted molar refractivity (Wildman–Crippen MR) is 120 cm³/mol. The summed E-state index contributed by atoms with van der Waals surface area (Å²) in [6, 6.07) is 16.0. The Labute approximate surface area is 190 Å². The number of carbonyl (C=O) groups is 2. The summed E-state index contributed by atoms with van der Waals surface area (Å²) >= 11 is 6.06. The lowest BCUT2D eigenvalue weighted by molar-refractivity contribution is -0.147. The van der Waals surface area contributed by atoms with Gasteiger partial charge in [-0.15, -0.1) is 0 Å². The zero-order chi connectivity index (χ0) is 23.1. The first-order valence-electron chi connectivity index (χ1n) is 10.1. The molecule has 0 saturated carbocycles. The Bertz CT molecular complexity index is 1070. The first kappa shape index (κ1) is 23.3. The lowest BCUT2D eigenvalue weighted by atomic mass is 9.97. The number of aliphatic hydroxyl groups excluding tert-OH is 1. The van der Waals surface area contributed by atoms with Gasteiger partial charge < -0.3 is 20.3 Å². The monoisotopic (exact) mass is 457 g/mol. The molecule has 8 nitrogen and oxygen atoms in total. The molecular formula is C23H24ClN3O5. The van der Waals surface area contributed by atoms with E-state index >= 15 is 0 Å². The molecule has 3 aromatic rings. The molecule has 2 atom stereocenters. The van der Waals surface area contributed by atoms with E-state index in [-0.39, 0.29) is 12.1 Å². The fraction of sp³-hybridized carbons (Fsp3) is 0.261. The van der Waals surface area contributed by atoms with Crippen LogP contribution in [0.5, 0.6) is 5.88 Å². The van der Waals surface area contributed by atoms with Crippen molar-refractivity contribution in [1.82, 2.24) is 15.5 Å². The SMILES string of the molecule is CCOc1cc(C(=O)N[C@H](Cc2ccc(-c3cccc(Cl)c3)cc2)C[C@@H](O)C(=O)O)n[nH]1. The molecule has 0 unspecified atom stereocenters. The number of rotatable bonds is 10. The summed E-state index contributed by atoms with van der Waals surface area (Å²) in [5.74, 6) is -1.49. The molecule has 0 spiro atoms. The number of aliphatic hydroxyl groups is 1. The summed E-state index contributed by atoms with van der Waals surface area (Å²) in [5.41, 5.74) is 2.93. The van der Waals surface area contributed by atoms with Crippen molar-refractivity contribution >= 4 is 23.5 Å². The van der Waals surface area contributed by atoms with E-state index in [9.17, 15) is 14.7 Å². The fourth-order valence-electron chi connectivity index (χ4n) is 3.26. The Morgan fingerprint density at radius 1 is 1.16 bits per heavy atom. The van der Waals surface area contributed by atoms with Gasteiger partial charge in [0.15, 0.2) is 11.8 Å². The maximum atomic E-state index is 12.6. The Morgan fingerprint density at radius 3 is 2.56 bits per heavy atom. The number of benzene rings is 2. The number of aromatic amines is 1. The van der Waals surface area contributed by atoms with E-state index in [0.29, 0.717) is 23.9 Å². The molecule has 1 heterocycles. The average molecular weight is 458 g/mol. The van der Waals surface area contributed by atoms with E-state index in [4.69, 9.17) is 21.4 Å². The standard InChI is InChI=1S/C23H24ClN3O5/c1-2-32-21-13-19(26-27-21)22(29)25-18(12-20(28)23(30)31)10-14-6-8-15(9-7-14)16-4-3-5-17(24)11-16/h3-9,11,13,18,20,28H,2,10,12H2,1H3,(H,25,29)(H,26,27)(H,30,31)/t18-,20-/m1/s1. The van der Waals surface area contributed by atoms with E-state index in [0.717, 1.165) is 16.7 Å². The van der Waals surface area contributed by atoms with Crippen LogP contribution in [0.1, 0.15) is 29.4 Å². The first-order valence-corrected chi connectivity index (χ1v) is 10.5. The van der Waals surface area contributed by atoms with Crippen molar-refractivity contribution < 1.29 is 24.5 Å². The minimum absolute atomic E-state index is 0.111. The number of carbonyl (C=O) groups excluding carboxylic acids is 1. The second kappa shape index (κ2) is 10.8. The van der Waals surface area contributed by atoms with Crippen LogP contribution in [0.4, 0.5) is 0 Å². The topological polar surface area (TPSA) is 125 Å². The number of carboxylic acids is 1. The highest BCUT2D eigenvalue weighted by molar-refractivity contribution is 6.30. The molecule has 32 heavy (non-hydrogen) atoms. The Balaban J connectivity index is 1.73. The molecule has 0 radical (unpaired) electrons. The molecule has 0 aliphatic rings. The normalized spacial score (nSPS) is 12.7. The number of halogens is 1. The van der Waals surface area contributed by atoms with Crippen molar-refractivity contribution in [3.63, 3.8) is 0 Å². The molecule has 0 aliphatic heterocycles. The van der Waals surface area contributed by atoms with E-state index in [2.05, 4.69) is 15.5 Å². The molecule has 4 N–H and O–H groups in total. The Morgan fingerprint density at radius 2 is 1.91 bits per heavy atom. The van der Waals surface area contributed by atoms with Crippen LogP contribution in [0.25, 0.3) is 11.1 Å². The van der Waals surface area contributed by atoms with Gasteiger partial charge in [-0.05, 0) is 42.2 Å². The smallest absolute Gasteiger partial charge is 0.332 e. The van der Waals surface area contributed by atoms with Gasteiger partial charge in [-0.25, -0.2) is 9.89 Å². The zero-order valence-corrected chi connectivity index (χ0v) is 18.2. The highest BCUT2D eigenvalue weighted by Crippen LogP contribution is 2.23. The molecule has 9 heteroatoms. The van der Waals surface area contributed by atoms with Crippen LogP contribution < -0.4 is 10.1 Å². The lowest BCUT2D eigenvalue weighted by Gasteiger charge is -2.20. The lowest BCUT2D eigenvalue weighted by Crippen LogP contribution is -2.40. The number of carboxylic acid groups (broad SMARTS) is 1. The molecule has 3 rings (SSSR count). The van der Waals surface area contributed by atoms with Crippen molar-refractivity contribution in [2.45, 2.75) is 31.9 Å². The minimum atomic E-state index is -1.61. The van der Waals surface area contributed by atoms with E-state index in [1.165, 1.54) is 6.07 Å². The number of amides is 1. The fourth-order valence-corrected chi connectivity index (χ4v) is 3.45. The highest BCUT2D eigenvalue weighted by atomic mass is 35.5. The summed E-state index contributed by atoms with van der Waals surface area (Å²) in [6.45, 7) is 2.23. The summed E-state index contributed by atoms with van der Waals surface area (Å²) in [6.07, 6.45) is -1.43. The third-order valence-electron chi connectivity index (χ3n) is 4.81. The number of H-pyrrole nitrogens is 1. The highest BCUT2D eigenvalue weighted by Gasteiger charge is 2.23. The first-order chi connectivity index (χ1) is 15.4. The van der Waals surface area contributed by atoms with Crippen LogP contribution in [-0.4, -0.2) is 51.0 Å². The Hall–Kier alpha value is -3.36. The molecule has 1 amide bonds. The Kier molecular flexibility index (Phi) is 7.86. The molecule has 0 fully saturated rings.